The summed E-state index contributed by atoms with van der Waals surface area (Å²) in [5.41, 5.74) is 0.915. The summed E-state index contributed by atoms with van der Waals surface area (Å²) in [4.78, 5) is 11.2. The fourth-order valence-corrected chi connectivity index (χ4v) is 2.85. The average molecular weight is 336 g/mol. The summed E-state index contributed by atoms with van der Waals surface area (Å²) in [6.07, 6.45) is 11.0. The van der Waals surface area contributed by atoms with E-state index in [2.05, 4.69) is 0 Å². The molecule has 5 nitrogen and oxygen atoms in total. The zero-order valence-electron chi connectivity index (χ0n) is 14.3. The predicted molar refractivity (Wildman–Crippen MR) is 95.6 cm³/mol. The van der Waals surface area contributed by atoms with Crippen LogP contribution in [0.1, 0.15) is 73.7 Å². The molecule has 0 unspecified atom stereocenters. The number of aromatic carboxylic acids is 1. The van der Waals surface area contributed by atoms with Crippen LogP contribution >= 0.6 is 0 Å². The van der Waals surface area contributed by atoms with Crippen molar-refractivity contribution in [1.29, 1.82) is 0 Å². The van der Waals surface area contributed by atoms with Crippen LogP contribution in [-0.4, -0.2) is 40.0 Å². The van der Waals surface area contributed by atoms with Crippen molar-refractivity contribution < 1.29 is 25.1 Å². The van der Waals surface area contributed by atoms with E-state index < -0.39 is 13.1 Å². The van der Waals surface area contributed by atoms with Gasteiger partial charge >= 0.3 is 13.1 Å². The van der Waals surface area contributed by atoms with Crippen molar-refractivity contribution >= 4 is 18.6 Å². The van der Waals surface area contributed by atoms with E-state index in [0.717, 1.165) is 37.7 Å². The summed E-state index contributed by atoms with van der Waals surface area (Å²) >= 11 is 0. The van der Waals surface area contributed by atoms with Gasteiger partial charge in [-0.05, 0) is 36.4 Å². The maximum Gasteiger partial charge on any atom is 0.489 e. The van der Waals surface area contributed by atoms with Crippen LogP contribution in [-0.2, 0) is 6.42 Å². The van der Waals surface area contributed by atoms with Gasteiger partial charge in [-0.3, -0.25) is 0 Å². The predicted octanol–water partition coefficient (Wildman–Crippen LogP) is 2.11. The zero-order chi connectivity index (χ0) is 17.8. The minimum absolute atomic E-state index is 0.0347. The Morgan fingerprint density at radius 3 is 1.92 bits per heavy atom. The van der Waals surface area contributed by atoms with Crippen LogP contribution in [0.4, 0.5) is 0 Å². The van der Waals surface area contributed by atoms with Gasteiger partial charge in [0.1, 0.15) is 0 Å². The first-order valence-corrected chi connectivity index (χ1v) is 8.89. The summed E-state index contributed by atoms with van der Waals surface area (Å²) < 4.78 is 0. The van der Waals surface area contributed by atoms with Gasteiger partial charge in [0.05, 0.1) is 5.56 Å². The van der Waals surface area contributed by atoms with Crippen LogP contribution < -0.4 is 5.46 Å². The molecule has 1 rings (SSSR count). The summed E-state index contributed by atoms with van der Waals surface area (Å²) in [6, 6.07) is 4.79. The summed E-state index contributed by atoms with van der Waals surface area (Å²) in [6.45, 7) is 0.293. The Bertz CT molecular complexity index is 490. The minimum atomic E-state index is -1.76. The molecule has 0 bridgehead atoms. The number of hydrogen-bond acceptors (Lipinski definition) is 4. The van der Waals surface area contributed by atoms with Gasteiger partial charge in [0.15, 0.2) is 0 Å². The number of carboxylic acid groups (broad SMARTS) is 1. The fraction of sp³-hybridized carbons (Fsp3) is 0.611. The van der Waals surface area contributed by atoms with E-state index in [1.54, 1.807) is 6.07 Å². The van der Waals surface area contributed by atoms with Crippen LogP contribution in [0.2, 0.25) is 0 Å². The molecule has 6 heteroatoms. The number of aryl methyl sites for hydroxylation is 1. The van der Waals surface area contributed by atoms with E-state index in [1.807, 2.05) is 0 Å². The number of benzene rings is 1. The van der Waals surface area contributed by atoms with Crippen molar-refractivity contribution in [3.8, 4) is 0 Å². The number of carbonyl (C=O) groups is 1. The first kappa shape index (κ1) is 20.7. The average Bonchev–Trinajstić information content (AvgIpc) is 2.56. The van der Waals surface area contributed by atoms with E-state index in [9.17, 15) is 14.8 Å². The fourth-order valence-electron chi connectivity index (χ4n) is 2.85. The van der Waals surface area contributed by atoms with Crippen molar-refractivity contribution in [3.05, 3.63) is 29.3 Å². The maximum absolute atomic E-state index is 11.2. The molecule has 0 saturated carbocycles. The molecule has 134 valence electrons. The molecule has 0 fully saturated rings. The topological polar surface area (TPSA) is 98.0 Å². The third-order valence-corrected chi connectivity index (χ3v) is 4.25. The van der Waals surface area contributed by atoms with Crippen molar-refractivity contribution in [2.75, 3.05) is 6.61 Å². The van der Waals surface area contributed by atoms with Crippen LogP contribution in [0.25, 0.3) is 0 Å². The molecule has 0 heterocycles. The van der Waals surface area contributed by atoms with Crippen molar-refractivity contribution in [2.24, 2.45) is 0 Å². The van der Waals surface area contributed by atoms with Crippen LogP contribution in [0.5, 0.6) is 0 Å². The van der Waals surface area contributed by atoms with E-state index >= 15 is 0 Å². The van der Waals surface area contributed by atoms with Crippen molar-refractivity contribution in [3.63, 3.8) is 0 Å². The monoisotopic (exact) mass is 336 g/mol. The third kappa shape index (κ3) is 7.95. The Kier molecular flexibility index (Phi) is 10.4. The Balaban J connectivity index is 2.23. The number of unbranched alkanes of at least 4 members (excludes halogenated alkanes) is 8. The molecule has 4 N–H and O–H groups in total. The molecule has 0 aliphatic rings. The Hall–Kier alpha value is -1.37. The largest absolute Gasteiger partial charge is 0.489 e. The van der Waals surface area contributed by atoms with Gasteiger partial charge in [-0.15, -0.1) is 0 Å². The molecule has 1 aromatic rings. The van der Waals surface area contributed by atoms with Gasteiger partial charge in [-0.25, -0.2) is 4.79 Å². The lowest BCUT2D eigenvalue weighted by Gasteiger charge is -2.08. The van der Waals surface area contributed by atoms with E-state index in [0.29, 0.717) is 6.61 Å². The molecule has 0 aromatic heterocycles. The van der Waals surface area contributed by atoms with Gasteiger partial charge in [0, 0.05) is 6.61 Å². The molecule has 0 aliphatic heterocycles. The Morgan fingerprint density at radius 1 is 0.875 bits per heavy atom. The molecule has 0 spiro atoms. The lowest BCUT2D eigenvalue weighted by molar-refractivity contribution is 0.0697. The molecular weight excluding hydrogens is 307 g/mol. The highest BCUT2D eigenvalue weighted by molar-refractivity contribution is 6.60. The van der Waals surface area contributed by atoms with E-state index in [4.69, 9.17) is 10.2 Å². The summed E-state index contributed by atoms with van der Waals surface area (Å²) in [5.74, 6) is -1.14. The molecule has 0 aliphatic carbocycles. The van der Waals surface area contributed by atoms with E-state index in [-0.39, 0.29) is 11.0 Å². The standard InChI is InChI=1S/C18H29BO5/c20-13-9-7-5-3-1-2-4-6-8-10-15-11-12-17(19(23)24)16(14-15)18(21)22/h11-12,14,20,23-24H,1-10,13H2,(H,21,22). The number of aliphatic hydroxyl groups is 1. The van der Waals surface area contributed by atoms with Crippen LogP contribution in [0.3, 0.4) is 0 Å². The number of aliphatic hydroxyl groups excluding tert-OH is 1. The quantitative estimate of drug-likeness (QED) is 0.327. The summed E-state index contributed by atoms with van der Waals surface area (Å²) in [5, 5.41) is 36.2. The Morgan fingerprint density at radius 2 is 1.42 bits per heavy atom. The second kappa shape index (κ2) is 12.1. The molecule has 0 amide bonds. The highest BCUT2D eigenvalue weighted by atomic mass is 16.4. The minimum Gasteiger partial charge on any atom is -0.478 e. The number of carboxylic acids is 1. The van der Waals surface area contributed by atoms with Crippen LogP contribution in [0.15, 0.2) is 18.2 Å². The van der Waals surface area contributed by atoms with Crippen LogP contribution in [0, 0.1) is 0 Å². The van der Waals surface area contributed by atoms with Gasteiger partial charge in [0.25, 0.3) is 0 Å². The highest BCUT2D eigenvalue weighted by Crippen LogP contribution is 2.13. The normalized spacial score (nSPS) is 10.8. The van der Waals surface area contributed by atoms with Gasteiger partial charge in [0.2, 0.25) is 0 Å². The molecule has 0 atom stereocenters. The zero-order valence-corrected chi connectivity index (χ0v) is 14.3. The first-order chi connectivity index (χ1) is 11.6. The molecular formula is C18H29BO5. The second-order valence-corrected chi connectivity index (χ2v) is 6.26. The second-order valence-electron chi connectivity index (χ2n) is 6.26. The lowest BCUT2D eigenvalue weighted by atomic mass is 9.76. The number of rotatable bonds is 13. The van der Waals surface area contributed by atoms with Gasteiger partial charge in [-0.2, -0.15) is 0 Å². The molecule has 1 aromatic carbocycles. The van der Waals surface area contributed by atoms with E-state index in [1.165, 1.54) is 44.2 Å². The third-order valence-electron chi connectivity index (χ3n) is 4.25. The smallest absolute Gasteiger partial charge is 0.478 e. The number of hydrogen-bond donors (Lipinski definition) is 4. The highest BCUT2D eigenvalue weighted by Gasteiger charge is 2.20. The lowest BCUT2D eigenvalue weighted by Crippen LogP contribution is -2.34. The van der Waals surface area contributed by atoms with Crippen molar-refractivity contribution in [1.82, 2.24) is 0 Å². The SMILES string of the molecule is O=C(O)c1cc(CCCCCCCCCCCO)ccc1B(O)O. The van der Waals surface area contributed by atoms with Gasteiger partial charge < -0.3 is 20.3 Å². The molecule has 0 radical (unpaired) electrons. The molecule has 24 heavy (non-hydrogen) atoms. The van der Waals surface area contributed by atoms with Crippen molar-refractivity contribution in [2.45, 2.75) is 64.2 Å². The Labute approximate surface area is 144 Å². The van der Waals surface area contributed by atoms with Gasteiger partial charge in [-0.1, -0.05) is 57.1 Å². The molecule has 0 saturated heterocycles. The first-order valence-electron chi connectivity index (χ1n) is 8.89. The maximum atomic E-state index is 11.2. The summed E-state index contributed by atoms with van der Waals surface area (Å²) in [7, 11) is -1.76.